The average Bonchev–Trinajstić information content (AvgIpc) is 3.31. The van der Waals surface area contributed by atoms with Crippen molar-refractivity contribution in [2.45, 2.75) is 43.6 Å². The minimum Gasteiger partial charge on any atom is -0.339 e. The van der Waals surface area contributed by atoms with Crippen molar-refractivity contribution >= 4 is 12.4 Å². The van der Waals surface area contributed by atoms with Crippen LogP contribution in [-0.2, 0) is 12.0 Å². The second-order valence-corrected chi connectivity index (χ2v) is 6.95. The van der Waals surface area contributed by atoms with E-state index in [0.29, 0.717) is 18.1 Å². The molecule has 0 atom stereocenters. The van der Waals surface area contributed by atoms with Crippen molar-refractivity contribution in [1.82, 2.24) is 10.1 Å². The smallest absolute Gasteiger partial charge is 0.227 e. The summed E-state index contributed by atoms with van der Waals surface area (Å²) in [6.45, 7) is 0. The van der Waals surface area contributed by atoms with Crippen LogP contribution in [0.2, 0.25) is 0 Å². The number of aromatic nitrogens is 2. The van der Waals surface area contributed by atoms with Crippen LogP contribution in [0.5, 0.6) is 0 Å². The molecule has 0 saturated heterocycles. The van der Waals surface area contributed by atoms with E-state index < -0.39 is 5.54 Å². The Hall–Kier alpha value is -2.17. The summed E-state index contributed by atoms with van der Waals surface area (Å²) in [4.78, 5) is 4.65. The molecule has 1 fully saturated rings. The summed E-state index contributed by atoms with van der Waals surface area (Å²) in [5.41, 5.74) is 8.55. The number of rotatable bonds is 5. The first-order valence-corrected chi connectivity index (χ1v) is 8.96. The first-order valence-electron chi connectivity index (χ1n) is 8.96. The fourth-order valence-electron chi connectivity index (χ4n) is 3.74. The third-order valence-electron chi connectivity index (χ3n) is 5.19. The highest BCUT2D eigenvalue weighted by Crippen LogP contribution is 2.35. The molecular weight excluding hydrogens is 346 g/mol. The quantitative estimate of drug-likeness (QED) is 0.714. The summed E-state index contributed by atoms with van der Waals surface area (Å²) in [6, 6.07) is 20.9. The lowest BCUT2D eigenvalue weighted by Gasteiger charge is -2.18. The van der Waals surface area contributed by atoms with Crippen molar-refractivity contribution < 1.29 is 4.52 Å². The van der Waals surface area contributed by atoms with Gasteiger partial charge >= 0.3 is 0 Å². The Morgan fingerprint density at radius 3 is 2.00 bits per heavy atom. The van der Waals surface area contributed by atoms with E-state index >= 15 is 0 Å². The normalized spacial score (nSPS) is 15.8. The number of hydrogen-bond donors (Lipinski definition) is 1. The zero-order chi connectivity index (χ0) is 17.1. The van der Waals surface area contributed by atoms with Gasteiger partial charge in [0.15, 0.2) is 5.82 Å². The Labute approximate surface area is 160 Å². The lowest BCUT2D eigenvalue weighted by atomic mass is 9.88. The van der Waals surface area contributed by atoms with Gasteiger partial charge in [-0.05, 0) is 24.0 Å². The number of nitrogens with two attached hydrogens (primary N) is 1. The summed E-state index contributed by atoms with van der Waals surface area (Å²) in [5.74, 6) is 1.51. The van der Waals surface area contributed by atoms with Gasteiger partial charge in [0.1, 0.15) is 0 Å². The van der Waals surface area contributed by atoms with E-state index in [9.17, 15) is 0 Å². The van der Waals surface area contributed by atoms with E-state index in [-0.39, 0.29) is 18.3 Å². The van der Waals surface area contributed by atoms with Crippen LogP contribution in [0.4, 0.5) is 0 Å². The Morgan fingerprint density at radius 2 is 1.46 bits per heavy atom. The van der Waals surface area contributed by atoms with Gasteiger partial charge < -0.3 is 10.3 Å². The maximum atomic E-state index is 6.46. The van der Waals surface area contributed by atoms with E-state index in [1.807, 2.05) is 12.1 Å². The molecule has 136 valence electrons. The van der Waals surface area contributed by atoms with Gasteiger partial charge in [-0.15, -0.1) is 12.4 Å². The predicted octanol–water partition coefficient (Wildman–Crippen LogP) is 4.59. The van der Waals surface area contributed by atoms with Crippen LogP contribution < -0.4 is 5.73 Å². The molecule has 0 radical (unpaired) electrons. The molecule has 1 aliphatic rings. The highest BCUT2D eigenvalue weighted by molar-refractivity contribution is 5.85. The third-order valence-corrected chi connectivity index (χ3v) is 5.19. The largest absolute Gasteiger partial charge is 0.339 e. The van der Waals surface area contributed by atoms with Crippen molar-refractivity contribution in [3.8, 4) is 0 Å². The Kier molecular flexibility index (Phi) is 5.74. The summed E-state index contributed by atoms with van der Waals surface area (Å²) in [6.07, 6.45) is 4.82. The van der Waals surface area contributed by atoms with Crippen LogP contribution in [0.15, 0.2) is 65.2 Å². The first-order chi connectivity index (χ1) is 12.2. The van der Waals surface area contributed by atoms with Crippen molar-refractivity contribution in [1.29, 1.82) is 0 Å². The molecule has 0 aliphatic heterocycles. The Bertz CT molecular complexity index is 774. The second kappa shape index (κ2) is 8.02. The summed E-state index contributed by atoms with van der Waals surface area (Å²) >= 11 is 0. The molecule has 1 aromatic heterocycles. The minimum absolute atomic E-state index is 0. The van der Waals surface area contributed by atoms with Gasteiger partial charge in [0.05, 0.1) is 5.54 Å². The highest BCUT2D eigenvalue weighted by atomic mass is 35.5. The van der Waals surface area contributed by atoms with Gasteiger partial charge in [0.2, 0.25) is 5.89 Å². The van der Waals surface area contributed by atoms with Crippen LogP contribution >= 0.6 is 12.4 Å². The molecule has 2 N–H and O–H groups in total. The molecular formula is C21H24ClN3O. The van der Waals surface area contributed by atoms with E-state index in [4.69, 9.17) is 10.3 Å². The van der Waals surface area contributed by atoms with Gasteiger partial charge in [-0.2, -0.15) is 4.98 Å². The molecule has 4 nitrogen and oxygen atoms in total. The van der Waals surface area contributed by atoms with Crippen molar-refractivity contribution in [3.63, 3.8) is 0 Å². The van der Waals surface area contributed by atoms with E-state index in [1.165, 1.54) is 11.1 Å². The highest BCUT2D eigenvalue weighted by Gasteiger charge is 2.36. The predicted molar refractivity (Wildman–Crippen MR) is 104 cm³/mol. The molecule has 0 bridgehead atoms. The van der Waals surface area contributed by atoms with Gasteiger partial charge in [0, 0.05) is 12.3 Å². The number of nitrogens with zero attached hydrogens (tertiary/aromatic N) is 2. The topological polar surface area (TPSA) is 64.9 Å². The van der Waals surface area contributed by atoms with Crippen LogP contribution in [0.3, 0.4) is 0 Å². The molecule has 0 amide bonds. The zero-order valence-electron chi connectivity index (χ0n) is 14.7. The summed E-state index contributed by atoms with van der Waals surface area (Å²) < 4.78 is 5.57. The van der Waals surface area contributed by atoms with E-state index in [2.05, 4.69) is 58.7 Å². The number of halogens is 1. The molecule has 4 rings (SSSR count). The second-order valence-electron chi connectivity index (χ2n) is 6.95. The minimum atomic E-state index is -0.406. The molecule has 5 heteroatoms. The van der Waals surface area contributed by atoms with Gasteiger partial charge in [-0.25, -0.2) is 0 Å². The maximum absolute atomic E-state index is 6.46. The van der Waals surface area contributed by atoms with Gasteiger partial charge in [0.25, 0.3) is 0 Å². The summed E-state index contributed by atoms with van der Waals surface area (Å²) in [5, 5.41) is 4.20. The first kappa shape index (κ1) is 18.6. The van der Waals surface area contributed by atoms with Crippen LogP contribution in [0, 0.1) is 0 Å². The van der Waals surface area contributed by atoms with Crippen LogP contribution in [-0.4, -0.2) is 10.1 Å². The maximum Gasteiger partial charge on any atom is 0.227 e. The monoisotopic (exact) mass is 369 g/mol. The fraction of sp³-hybridized carbons (Fsp3) is 0.333. The third kappa shape index (κ3) is 3.81. The molecule has 0 spiro atoms. The molecule has 2 aromatic carbocycles. The fourth-order valence-corrected chi connectivity index (χ4v) is 3.74. The molecule has 1 aliphatic carbocycles. The Morgan fingerprint density at radius 1 is 0.923 bits per heavy atom. The van der Waals surface area contributed by atoms with Crippen LogP contribution in [0.1, 0.15) is 54.4 Å². The van der Waals surface area contributed by atoms with Crippen molar-refractivity contribution in [2.24, 2.45) is 5.73 Å². The van der Waals surface area contributed by atoms with E-state index in [0.717, 1.165) is 25.7 Å². The molecule has 0 unspecified atom stereocenters. The number of hydrogen-bond acceptors (Lipinski definition) is 4. The molecule has 26 heavy (non-hydrogen) atoms. The number of benzene rings is 2. The van der Waals surface area contributed by atoms with Gasteiger partial charge in [-0.1, -0.05) is 78.7 Å². The van der Waals surface area contributed by atoms with Crippen molar-refractivity contribution in [3.05, 3.63) is 83.5 Å². The van der Waals surface area contributed by atoms with Crippen molar-refractivity contribution in [2.75, 3.05) is 0 Å². The Balaban J connectivity index is 0.00000196. The standard InChI is InChI=1S/C21H23N3O.ClH/c22-21(13-7-8-14-21)20-23-19(25-24-20)15-18(16-9-3-1-4-10-16)17-11-5-2-6-12-17;/h1-6,9-12,18H,7-8,13-15,22H2;1H. The molecule has 1 heterocycles. The van der Waals surface area contributed by atoms with Gasteiger partial charge in [-0.3, -0.25) is 0 Å². The lowest BCUT2D eigenvalue weighted by molar-refractivity contribution is 0.346. The molecule has 3 aromatic rings. The SMILES string of the molecule is Cl.NC1(c2noc(CC(c3ccccc3)c3ccccc3)n2)CCCC1. The average molecular weight is 370 g/mol. The zero-order valence-corrected chi connectivity index (χ0v) is 15.5. The lowest BCUT2D eigenvalue weighted by Crippen LogP contribution is -2.34. The molecule has 1 saturated carbocycles. The van der Waals surface area contributed by atoms with E-state index in [1.54, 1.807) is 0 Å². The summed E-state index contributed by atoms with van der Waals surface area (Å²) in [7, 11) is 0. The van der Waals surface area contributed by atoms with Crippen LogP contribution in [0.25, 0.3) is 0 Å².